The molecule has 5 heteroatoms. The number of hydrogen-bond donors (Lipinski definition) is 1. The predicted octanol–water partition coefficient (Wildman–Crippen LogP) is 2.84. The topological polar surface area (TPSA) is 59.2 Å². The smallest absolute Gasteiger partial charge is 0.257 e. The molecule has 0 saturated heterocycles. The summed E-state index contributed by atoms with van der Waals surface area (Å²) in [6.45, 7) is 4.77. The van der Waals surface area contributed by atoms with Gasteiger partial charge in [-0.15, -0.1) is 0 Å². The molecule has 0 bridgehead atoms. The van der Waals surface area contributed by atoms with Gasteiger partial charge in [-0.05, 0) is 24.8 Å². The lowest BCUT2D eigenvalue weighted by Crippen LogP contribution is -2.41. The molecule has 1 heterocycles. The van der Waals surface area contributed by atoms with Gasteiger partial charge in [-0.1, -0.05) is 26.7 Å². The summed E-state index contributed by atoms with van der Waals surface area (Å²) in [5.41, 5.74) is 5.49. The Kier molecular flexibility index (Phi) is 4.57. The SMILES string of the molecule is CC(C)CN(C(=O)c1ccnc(N)c1F)C1CCCC1. The standard InChI is InChI=1S/C15H22FN3O/c1-10(2)9-19(11-5-3-4-6-11)15(20)12-7-8-18-14(17)13(12)16/h7-8,10-11H,3-6,9H2,1-2H3,(H2,17,18). The van der Waals surface area contributed by atoms with E-state index in [4.69, 9.17) is 5.73 Å². The minimum atomic E-state index is -0.704. The van der Waals surface area contributed by atoms with Crippen LogP contribution in [-0.4, -0.2) is 28.4 Å². The molecule has 2 rings (SSSR count). The first-order valence-corrected chi connectivity index (χ1v) is 7.21. The third kappa shape index (κ3) is 3.08. The molecule has 1 aromatic heterocycles. The van der Waals surface area contributed by atoms with Crippen molar-refractivity contribution < 1.29 is 9.18 Å². The first-order valence-electron chi connectivity index (χ1n) is 7.21. The van der Waals surface area contributed by atoms with E-state index in [0.29, 0.717) is 12.5 Å². The van der Waals surface area contributed by atoms with Gasteiger partial charge in [0.2, 0.25) is 0 Å². The minimum Gasteiger partial charge on any atom is -0.381 e. The first-order chi connectivity index (χ1) is 9.50. The highest BCUT2D eigenvalue weighted by molar-refractivity contribution is 5.95. The fourth-order valence-electron chi connectivity index (χ4n) is 2.79. The van der Waals surface area contributed by atoms with Crippen LogP contribution in [0, 0.1) is 11.7 Å². The summed E-state index contributed by atoms with van der Waals surface area (Å²) in [7, 11) is 0. The van der Waals surface area contributed by atoms with Gasteiger partial charge in [-0.2, -0.15) is 0 Å². The average molecular weight is 279 g/mol. The number of hydrogen-bond acceptors (Lipinski definition) is 3. The monoisotopic (exact) mass is 279 g/mol. The lowest BCUT2D eigenvalue weighted by atomic mass is 10.1. The van der Waals surface area contributed by atoms with Crippen molar-refractivity contribution in [1.29, 1.82) is 0 Å². The van der Waals surface area contributed by atoms with E-state index < -0.39 is 5.82 Å². The van der Waals surface area contributed by atoms with Crippen LogP contribution in [0.2, 0.25) is 0 Å². The molecule has 1 aliphatic carbocycles. The summed E-state index contributed by atoms with van der Waals surface area (Å²) in [6.07, 6.45) is 5.65. The highest BCUT2D eigenvalue weighted by Crippen LogP contribution is 2.26. The van der Waals surface area contributed by atoms with Gasteiger partial charge in [0.05, 0.1) is 5.56 Å². The Balaban J connectivity index is 2.27. The van der Waals surface area contributed by atoms with Gasteiger partial charge in [-0.3, -0.25) is 4.79 Å². The van der Waals surface area contributed by atoms with Gasteiger partial charge in [-0.25, -0.2) is 9.37 Å². The van der Waals surface area contributed by atoms with E-state index in [0.717, 1.165) is 25.7 Å². The van der Waals surface area contributed by atoms with Gasteiger partial charge in [0.15, 0.2) is 11.6 Å². The van der Waals surface area contributed by atoms with Crippen molar-refractivity contribution in [2.24, 2.45) is 5.92 Å². The van der Waals surface area contributed by atoms with Gasteiger partial charge in [0.25, 0.3) is 5.91 Å². The Morgan fingerprint density at radius 3 is 2.75 bits per heavy atom. The first kappa shape index (κ1) is 14.8. The third-order valence-corrected chi connectivity index (χ3v) is 3.73. The van der Waals surface area contributed by atoms with Crippen LogP contribution in [0.5, 0.6) is 0 Å². The van der Waals surface area contributed by atoms with Gasteiger partial charge >= 0.3 is 0 Å². The summed E-state index contributed by atoms with van der Waals surface area (Å²) >= 11 is 0. The van der Waals surface area contributed by atoms with Crippen LogP contribution < -0.4 is 5.73 Å². The zero-order chi connectivity index (χ0) is 14.7. The van der Waals surface area contributed by atoms with Crippen LogP contribution in [-0.2, 0) is 0 Å². The van der Waals surface area contributed by atoms with E-state index in [2.05, 4.69) is 18.8 Å². The molecule has 1 fully saturated rings. The second-order valence-corrected chi connectivity index (χ2v) is 5.85. The van der Waals surface area contributed by atoms with Crippen LogP contribution in [0.3, 0.4) is 0 Å². The highest BCUT2D eigenvalue weighted by atomic mass is 19.1. The highest BCUT2D eigenvalue weighted by Gasteiger charge is 2.29. The normalized spacial score (nSPS) is 15.8. The Labute approximate surface area is 119 Å². The number of amides is 1. The molecule has 4 nitrogen and oxygen atoms in total. The maximum Gasteiger partial charge on any atom is 0.257 e. The number of halogens is 1. The van der Waals surface area contributed by atoms with Crippen molar-refractivity contribution in [2.45, 2.75) is 45.6 Å². The molecular formula is C15H22FN3O. The molecule has 0 aromatic carbocycles. The van der Waals surface area contributed by atoms with E-state index >= 15 is 0 Å². The van der Waals surface area contributed by atoms with Crippen molar-refractivity contribution in [2.75, 3.05) is 12.3 Å². The maximum atomic E-state index is 14.0. The molecule has 20 heavy (non-hydrogen) atoms. The molecule has 0 spiro atoms. The number of carbonyl (C=O) groups excluding carboxylic acids is 1. The molecule has 0 radical (unpaired) electrons. The Morgan fingerprint density at radius 2 is 2.15 bits per heavy atom. The van der Waals surface area contributed by atoms with E-state index in [1.165, 1.54) is 12.3 Å². The van der Waals surface area contributed by atoms with Crippen LogP contribution in [0.25, 0.3) is 0 Å². The Bertz CT molecular complexity index is 484. The number of aromatic nitrogens is 1. The third-order valence-electron chi connectivity index (χ3n) is 3.73. The Hall–Kier alpha value is -1.65. The molecule has 0 atom stereocenters. The number of nitrogens with two attached hydrogens (primary N) is 1. The second kappa shape index (κ2) is 6.20. The molecule has 2 N–H and O–H groups in total. The van der Waals surface area contributed by atoms with Crippen molar-refractivity contribution >= 4 is 11.7 Å². The van der Waals surface area contributed by atoms with Crippen LogP contribution in [0.15, 0.2) is 12.3 Å². The number of pyridine rings is 1. The molecule has 1 saturated carbocycles. The molecule has 0 aliphatic heterocycles. The molecule has 1 amide bonds. The second-order valence-electron chi connectivity index (χ2n) is 5.85. The fraction of sp³-hybridized carbons (Fsp3) is 0.600. The average Bonchev–Trinajstić information content (AvgIpc) is 2.92. The lowest BCUT2D eigenvalue weighted by Gasteiger charge is -2.30. The van der Waals surface area contributed by atoms with Crippen molar-refractivity contribution in [1.82, 2.24) is 9.88 Å². The summed E-state index contributed by atoms with van der Waals surface area (Å²) in [4.78, 5) is 18.1. The number of anilines is 1. The van der Waals surface area contributed by atoms with Crippen LogP contribution >= 0.6 is 0 Å². The number of nitrogen functional groups attached to an aromatic ring is 1. The Morgan fingerprint density at radius 1 is 1.50 bits per heavy atom. The minimum absolute atomic E-state index is 0.0325. The largest absolute Gasteiger partial charge is 0.381 e. The van der Waals surface area contributed by atoms with Gasteiger partial charge < -0.3 is 10.6 Å². The van der Waals surface area contributed by atoms with Gasteiger partial charge in [0, 0.05) is 18.8 Å². The van der Waals surface area contributed by atoms with Gasteiger partial charge in [0.1, 0.15) is 0 Å². The predicted molar refractivity (Wildman–Crippen MR) is 76.7 cm³/mol. The summed E-state index contributed by atoms with van der Waals surface area (Å²) in [5.74, 6) is -0.838. The number of carbonyl (C=O) groups is 1. The van der Waals surface area contributed by atoms with E-state index in [-0.39, 0.29) is 23.3 Å². The fourth-order valence-corrected chi connectivity index (χ4v) is 2.79. The van der Waals surface area contributed by atoms with Crippen molar-refractivity contribution in [3.05, 3.63) is 23.6 Å². The number of rotatable bonds is 4. The molecule has 110 valence electrons. The molecular weight excluding hydrogens is 257 g/mol. The lowest BCUT2D eigenvalue weighted by molar-refractivity contribution is 0.0650. The summed E-state index contributed by atoms with van der Waals surface area (Å²) in [5, 5.41) is 0. The van der Waals surface area contributed by atoms with Crippen molar-refractivity contribution in [3.63, 3.8) is 0 Å². The van der Waals surface area contributed by atoms with Crippen molar-refractivity contribution in [3.8, 4) is 0 Å². The van der Waals surface area contributed by atoms with E-state index in [9.17, 15) is 9.18 Å². The van der Waals surface area contributed by atoms with Crippen LogP contribution in [0.1, 0.15) is 49.9 Å². The number of nitrogens with zero attached hydrogens (tertiary/aromatic N) is 2. The summed E-state index contributed by atoms with van der Waals surface area (Å²) in [6, 6.07) is 1.63. The molecule has 1 aromatic rings. The zero-order valence-electron chi connectivity index (χ0n) is 12.1. The maximum absolute atomic E-state index is 14.0. The van der Waals surface area contributed by atoms with E-state index in [1.54, 1.807) is 0 Å². The summed E-state index contributed by atoms with van der Waals surface area (Å²) < 4.78 is 14.0. The quantitative estimate of drug-likeness (QED) is 0.922. The molecule has 0 unspecified atom stereocenters. The zero-order valence-corrected chi connectivity index (χ0v) is 12.1. The van der Waals surface area contributed by atoms with E-state index in [1.807, 2.05) is 4.90 Å². The molecule has 1 aliphatic rings. The van der Waals surface area contributed by atoms with Crippen LogP contribution in [0.4, 0.5) is 10.2 Å².